The summed E-state index contributed by atoms with van der Waals surface area (Å²) in [7, 11) is 2.82. The number of nitrogens with zero attached hydrogens (tertiary/aromatic N) is 2. The van der Waals surface area contributed by atoms with Crippen molar-refractivity contribution in [1.29, 1.82) is 0 Å². The predicted octanol–water partition coefficient (Wildman–Crippen LogP) is 5.11. The smallest absolute Gasteiger partial charge is 0.339 e. The molecule has 10 nitrogen and oxygen atoms in total. The van der Waals surface area contributed by atoms with Crippen LogP contribution in [0.2, 0.25) is 0 Å². The number of hydrogen-bond donors (Lipinski definition) is 1. The Labute approximate surface area is 258 Å². The van der Waals surface area contributed by atoms with Crippen LogP contribution in [0.5, 0.6) is 23.0 Å². The fourth-order valence-electron chi connectivity index (χ4n) is 5.56. The molecule has 1 N–H and O–H groups in total. The number of esters is 1. The molecule has 3 aliphatic heterocycles. The first-order valence-electron chi connectivity index (χ1n) is 14.4. The van der Waals surface area contributed by atoms with Crippen molar-refractivity contribution in [3.8, 4) is 23.0 Å². The van der Waals surface area contributed by atoms with E-state index in [1.54, 1.807) is 24.1 Å². The zero-order chi connectivity index (χ0) is 31.5. The second-order valence-corrected chi connectivity index (χ2v) is 10.5. The van der Waals surface area contributed by atoms with Crippen LogP contribution in [-0.2, 0) is 11.2 Å². The lowest BCUT2D eigenvalue weighted by Gasteiger charge is -2.38. The van der Waals surface area contributed by atoms with Crippen LogP contribution in [0.4, 0.5) is 4.39 Å². The van der Waals surface area contributed by atoms with E-state index in [9.17, 15) is 18.8 Å². The van der Waals surface area contributed by atoms with Gasteiger partial charge in [-0.1, -0.05) is 12.1 Å². The molecule has 0 aliphatic carbocycles. The van der Waals surface area contributed by atoms with E-state index >= 15 is 0 Å². The molecule has 0 saturated heterocycles. The summed E-state index contributed by atoms with van der Waals surface area (Å²) in [5.41, 5.74) is 2.93. The van der Waals surface area contributed by atoms with Crippen molar-refractivity contribution >= 4 is 17.8 Å². The molecule has 1 atom stereocenters. The van der Waals surface area contributed by atoms with Gasteiger partial charge in [-0.25, -0.2) is 9.18 Å². The van der Waals surface area contributed by atoms with Crippen molar-refractivity contribution in [2.75, 3.05) is 33.9 Å². The van der Waals surface area contributed by atoms with Crippen LogP contribution >= 0.6 is 0 Å². The van der Waals surface area contributed by atoms with Crippen molar-refractivity contribution in [3.05, 3.63) is 112 Å². The highest BCUT2D eigenvalue weighted by Gasteiger charge is 2.34. The van der Waals surface area contributed by atoms with Crippen LogP contribution in [0.25, 0.3) is 0 Å². The highest BCUT2D eigenvalue weighted by Crippen LogP contribution is 2.41. The molecule has 7 rings (SSSR count). The third kappa shape index (κ3) is 6.01. The van der Waals surface area contributed by atoms with Gasteiger partial charge < -0.3 is 29.2 Å². The zero-order valence-electron chi connectivity index (χ0n) is 24.7. The van der Waals surface area contributed by atoms with Crippen molar-refractivity contribution in [3.63, 3.8) is 0 Å². The highest BCUT2D eigenvalue weighted by atomic mass is 19.1. The molecule has 0 spiro atoms. The van der Waals surface area contributed by atoms with E-state index in [1.165, 1.54) is 43.6 Å². The number of hydrogen-bond acceptors (Lipinski definition) is 8. The monoisotopic (exact) mass is 611 g/mol. The molecule has 0 saturated carbocycles. The number of rotatable bonds is 3. The van der Waals surface area contributed by atoms with E-state index in [0.717, 1.165) is 16.7 Å². The van der Waals surface area contributed by atoms with Crippen LogP contribution in [0.1, 0.15) is 60.4 Å². The summed E-state index contributed by atoms with van der Waals surface area (Å²) in [4.78, 5) is 44.6. The Bertz CT molecular complexity index is 1780. The summed E-state index contributed by atoms with van der Waals surface area (Å²) in [6, 6.07) is 17.7. The number of nitrogens with one attached hydrogen (secondary N) is 1. The SMILES string of the molecule is COC(=O)c1ccc(C(=O)N2CCc3cc4ccc3C2c2ccc(OC)c(c2)OCCCNC(=O)c2cc(ccc2F)O4)nc1. The lowest BCUT2D eigenvalue weighted by atomic mass is 9.87. The minimum absolute atomic E-state index is 0.121. The standard InChI is InChI=1S/C34H30FN3O7/c1-42-29-11-5-21-17-30(29)44-15-3-13-36-32(39)26-18-24(7-9-27(26)35)45-23-6-8-25-20(16-23)12-14-38(31(21)25)33(40)28-10-4-22(19-37-28)34(41)43-2/h4-11,16-19,31H,3,12-15H2,1-2H3,(H,36,39). The lowest BCUT2D eigenvalue weighted by Crippen LogP contribution is -2.41. The van der Waals surface area contributed by atoms with Gasteiger partial charge in [-0.05, 0) is 84.1 Å². The highest BCUT2D eigenvalue weighted by molar-refractivity contribution is 5.95. The molecule has 230 valence electrons. The zero-order valence-corrected chi connectivity index (χ0v) is 24.7. The Kier molecular flexibility index (Phi) is 8.33. The van der Waals surface area contributed by atoms with E-state index in [0.29, 0.717) is 42.4 Å². The lowest BCUT2D eigenvalue weighted by molar-refractivity contribution is 0.0597. The second-order valence-electron chi connectivity index (χ2n) is 10.5. The topological polar surface area (TPSA) is 116 Å². The minimum Gasteiger partial charge on any atom is -0.493 e. The molecule has 45 heavy (non-hydrogen) atoms. The number of fused-ring (bicyclic) bond motifs is 6. The Morgan fingerprint density at radius 2 is 1.84 bits per heavy atom. The first-order chi connectivity index (χ1) is 21.9. The Morgan fingerprint density at radius 3 is 2.62 bits per heavy atom. The van der Waals surface area contributed by atoms with Gasteiger partial charge in [0.1, 0.15) is 23.0 Å². The van der Waals surface area contributed by atoms with Crippen molar-refractivity contribution in [2.24, 2.45) is 0 Å². The summed E-state index contributed by atoms with van der Waals surface area (Å²) in [6.45, 7) is 0.862. The van der Waals surface area contributed by atoms with E-state index in [1.807, 2.05) is 24.3 Å². The molecule has 0 radical (unpaired) electrons. The van der Waals surface area contributed by atoms with Crippen LogP contribution < -0.4 is 19.5 Å². The molecule has 11 heteroatoms. The summed E-state index contributed by atoms with van der Waals surface area (Å²) >= 11 is 0. The van der Waals surface area contributed by atoms with Gasteiger partial charge >= 0.3 is 5.97 Å². The number of aromatic nitrogens is 1. The number of carbonyl (C=O) groups excluding carboxylic acids is 3. The molecule has 2 amide bonds. The average Bonchev–Trinajstić information content (AvgIpc) is 3.07. The van der Waals surface area contributed by atoms with Gasteiger partial charge in [0.2, 0.25) is 0 Å². The van der Waals surface area contributed by atoms with Crippen molar-refractivity contribution in [1.82, 2.24) is 15.2 Å². The normalized spacial score (nSPS) is 15.9. The number of methoxy groups -OCH3 is 2. The Hall–Kier alpha value is -5.45. The molecule has 1 unspecified atom stereocenters. The number of halogens is 1. The number of ether oxygens (including phenoxy) is 4. The minimum atomic E-state index is -0.653. The number of carbonyl (C=O) groups is 3. The number of benzene rings is 3. The molecule has 3 aliphatic rings. The predicted molar refractivity (Wildman–Crippen MR) is 161 cm³/mol. The van der Waals surface area contributed by atoms with E-state index in [2.05, 4.69) is 10.3 Å². The fraction of sp³-hybridized carbons (Fsp3) is 0.235. The molecule has 8 bridgehead atoms. The molecular weight excluding hydrogens is 581 g/mol. The van der Waals surface area contributed by atoms with Crippen LogP contribution in [-0.4, -0.2) is 61.6 Å². The number of pyridine rings is 1. The molecule has 4 heterocycles. The van der Waals surface area contributed by atoms with Crippen LogP contribution in [0, 0.1) is 5.82 Å². The Balaban J connectivity index is 1.43. The van der Waals surface area contributed by atoms with Gasteiger partial charge in [0.15, 0.2) is 11.5 Å². The van der Waals surface area contributed by atoms with Crippen LogP contribution in [0.15, 0.2) is 72.9 Å². The van der Waals surface area contributed by atoms with Crippen molar-refractivity contribution < 1.29 is 37.7 Å². The maximum atomic E-state index is 14.6. The van der Waals surface area contributed by atoms with Gasteiger partial charge in [-0.2, -0.15) is 0 Å². The van der Waals surface area contributed by atoms with Gasteiger partial charge in [0, 0.05) is 19.3 Å². The summed E-state index contributed by atoms with van der Waals surface area (Å²) in [5, 5.41) is 2.73. The largest absolute Gasteiger partial charge is 0.493 e. The van der Waals surface area contributed by atoms with Crippen LogP contribution in [0.3, 0.4) is 0 Å². The Morgan fingerprint density at radius 1 is 1.02 bits per heavy atom. The number of amides is 2. The second kappa shape index (κ2) is 12.7. The molecule has 4 aromatic rings. The summed E-state index contributed by atoms with van der Waals surface area (Å²) in [5.74, 6) is -0.250. The average molecular weight is 612 g/mol. The molecule has 1 aromatic heterocycles. The van der Waals surface area contributed by atoms with Gasteiger partial charge in [0.25, 0.3) is 11.8 Å². The third-order valence-corrected chi connectivity index (χ3v) is 7.79. The van der Waals surface area contributed by atoms with Gasteiger partial charge in [-0.15, -0.1) is 0 Å². The first-order valence-corrected chi connectivity index (χ1v) is 14.4. The summed E-state index contributed by atoms with van der Waals surface area (Å²) in [6.07, 6.45) is 2.29. The maximum absolute atomic E-state index is 14.6. The fourth-order valence-corrected chi connectivity index (χ4v) is 5.56. The van der Waals surface area contributed by atoms with Gasteiger partial charge in [-0.3, -0.25) is 14.6 Å². The molecule has 3 aromatic carbocycles. The first kappa shape index (κ1) is 29.6. The quantitative estimate of drug-likeness (QED) is 0.318. The maximum Gasteiger partial charge on any atom is 0.339 e. The van der Waals surface area contributed by atoms with E-state index in [-0.39, 0.29) is 35.9 Å². The molecular formula is C34H30FN3O7. The van der Waals surface area contributed by atoms with Crippen molar-refractivity contribution in [2.45, 2.75) is 18.9 Å². The molecule has 0 fully saturated rings. The van der Waals surface area contributed by atoms with E-state index in [4.69, 9.17) is 18.9 Å². The third-order valence-electron chi connectivity index (χ3n) is 7.79. The van der Waals surface area contributed by atoms with Gasteiger partial charge in [0.05, 0.1) is 38.0 Å². The summed E-state index contributed by atoms with van der Waals surface area (Å²) < 4.78 is 37.0. The van der Waals surface area contributed by atoms with E-state index < -0.39 is 23.7 Å².